The number of hydrogen-bond acceptors (Lipinski definition) is 3. The van der Waals surface area contributed by atoms with Gasteiger partial charge in [-0.05, 0) is 32.4 Å². The SMILES string of the molecule is CCOC(=O)CSc1ccc(C)cc1C. The average Bonchev–Trinajstić information content (AvgIpc) is 2.17. The predicted molar refractivity (Wildman–Crippen MR) is 63.3 cm³/mol. The number of esters is 1. The molecule has 0 bridgehead atoms. The molecule has 0 atom stereocenters. The van der Waals surface area contributed by atoms with Crippen LogP contribution in [0.1, 0.15) is 18.1 Å². The van der Waals surface area contributed by atoms with Crippen LogP contribution in [0.2, 0.25) is 0 Å². The Hall–Kier alpha value is -0.960. The number of benzene rings is 1. The van der Waals surface area contributed by atoms with Crippen LogP contribution in [0.25, 0.3) is 0 Å². The van der Waals surface area contributed by atoms with Crippen LogP contribution in [0.5, 0.6) is 0 Å². The highest BCUT2D eigenvalue weighted by Gasteiger charge is 2.04. The van der Waals surface area contributed by atoms with Crippen molar-refractivity contribution in [3.63, 3.8) is 0 Å². The lowest BCUT2D eigenvalue weighted by molar-refractivity contribution is -0.139. The normalized spacial score (nSPS) is 10.1. The molecule has 0 aliphatic rings. The smallest absolute Gasteiger partial charge is 0.316 e. The molecule has 3 heteroatoms. The van der Waals surface area contributed by atoms with Gasteiger partial charge in [0.25, 0.3) is 0 Å². The predicted octanol–water partition coefficient (Wildman–Crippen LogP) is 2.96. The fourth-order valence-electron chi connectivity index (χ4n) is 1.30. The maximum absolute atomic E-state index is 11.2. The third-order valence-corrected chi connectivity index (χ3v) is 3.13. The first-order chi connectivity index (χ1) is 7.13. The van der Waals surface area contributed by atoms with Crippen LogP contribution in [-0.2, 0) is 9.53 Å². The van der Waals surface area contributed by atoms with E-state index in [1.54, 1.807) is 0 Å². The minimum atomic E-state index is -0.150. The summed E-state index contributed by atoms with van der Waals surface area (Å²) in [5, 5.41) is 0. The molecular weight excluding hydrogens is 208 g/mol. The van der Waals surface area contributed by atoms with Crippen molar-refractivity contribution in [2.45, 2.75) is 25.7 Å². The summed E-state index contributed by atoms with van der Waals surface area (Å²) in [5.41, 5.74) is 2.46. The van der Waals surface area contributed by atoms with Crippen LogP contribution in [-0.4, -0.2) is 18.3 Å². The van der Waals surface area contributed by atoms with E-state index in [1.807, 2.05) is 6.92 Å². The lowest BCUT2D eigenvalue weighted by Crippen LogP contribution is -2.06. The Bertz CT molecular complexity index is 347. The van der Waals surface area contributed by atoms with Crippen molar-refractivity contribution < 1.29 is 9.53 Å². The third kappa shape index (κ3) is 3.96. The number of thioether (sulfide) groups is 1. The monoisotopic (exact) mass is 224 g/mol. The van der Waals surface area contributed by atoms with Crippen molar-refractivity contribution >= 4 is 17.7 Å². The highest BCUT2D eigenvalue weighted by Crippen LogP contribution is 2.23. The summed E-state index contributed by atoms with van der Waals surface area (Å²) in [5.74, 6) is 0.236. The molecule has 0 fully saturated rings. The van der Waals surface area contributed by atoms with Gasteiger partial charge in [0.15, 0.2) is 0 Å². The fourth-order valence-corrected chi connectivity index (χ4v) is 2.11. The molecule has 0 heterocycles. The lowest BCUT2D eigenvalue weighted by atomic mass is 10.2. The second-order valence-corrected chi connectivity index (χ2v) is 4.38. The van der Waals surface area contributed by atoms with Crippen molar-refractivity contribution in [2.24, 2.45) is 0 Å². The van der Waals surface area contributed by atoms with Gasteiger partial charge in [0, 0.05) is 4.90 Å². The van der Waals surface area contributed by atoms with Gasteiger partial charge in [0.1, 0.15) is 0 Å². The van der Waals surface area contributed by atoms with Gasteiger partial charge in [-0.1, -0.05) is 17.7 Å². The highest BCUT2D eigenvalue weighted by atomic mass is 32.2. The molecule has 82 valence electrons. The third-order valence-electron chi connectivity index (χ3n) is 1.98. The molecule has 0 aliphatic heterocycles. The number of hydrogen-bond donors (Lipinski definition) is 0. The molecule has 15 heavy (non-hydrogen) atoms. The summed E-state index contributed by atoms with van der Waals surface area (Å²) in [6.07, 6.45) is 0. The van der Waals surface area contributed by atoms with Gasteiger partial charge in [-0.25, -0.2) is 0 Å². The molecule has 1 aromatic carbocycles. The second-order valence-electron chi connectivity index (χ2n) is 3.36. The quantitative estimate of drug-likeness (QED) is 0.581. The van der Waals surface area contributed by atoms with Gasteiger partial charge in [-0.15, -0.1) is 11.8 Å². The van der Waals surface area contributed by atoms with E-state index in [-0.39, 0.29) is 5.97 Å². The first-order valence-corrected chi connectivity index (χ1v) is 5.97. The van der Waals surface area contributed by atoms with Crippen molar-refractivity contribution in [3.8, 4) is 0 Å². The number of ether oxygens (including phenoxy) is 1. The second kappa shape index (κ2) is 5.81. The highest BCUT2D eigenvalue weighted by molar-refractivity contribution is 8.00. The van der Waals surface area contributed by atoms with Crippen molar-refractivity contribution in [1.29, 1.82) is 0 Å². The number of carbonyl (C=O) groups excluding carboxylic acids is 1. The van der Waals surface area contributed by atoms with Crippen LogP contribution in [0.4, 0.5) is 0 Å². The summed E-state index contributed by atoms with van der Waals surface area (Å²) in [4.78, 5) is 12.3. The molecule has 2 nitrogen and oxygen atoms in total. The average molecular weight is 224 g/mol. The van der Waals surface area contributed by atoms with E-state index in [2.05, 4.69) is 32.0 Å². The number of aryl methyl sites for hydroxylation is 2. The van der Waals surface area contributed by atoms with Crippen molar-refractivity contribution in [2.75, 3.05) is 12.4 Å². The van der Waals surface area contributed by atoms with Crippen molar-refractivity contribution in [1.82, 2.24) is 0 Å². The molecule has 0 saturated heterocycles. The molecule has 0 unspecified atom stereocenters. The van der Waals surface area contributed by atoms with E-state index in [1.165, 1.54) is 22.9 Å². The minimum absolute atomic E-state index is 0.150. The van der Waals surface area contributed by atoms with Gasteiger partial charge in [0.2, 0.25) is 0 Å². The van der Waals surface area contributed by atoms with Crippen LogP contribution < -0.4 is 0 Å². The molecule has 0 saturated carbocycles. The van der Waals surface area contributed by atoms with E-state index in [9.17, 15) is 4.79 Å². The van der Waals surface area contributed by atoms with Gasteiger partial charge in [0.05, 0.1) is 12.4 Å². The van der Waals surface area contributed by atoms with E-state index in [0.29, 0.717) is 12.4 Å². The Morgan fingerprint density at radius 1 is 1.40 bits per heavy atom. The Morgan fingerprint density at radius 3 is 2.73 bits per heavy atom. The zero-order chi connectivity index (χ0) is 11.3. The molecule has 0 amide bonds. The zero-order valence-electron chi connectivity index (χ0n) is 9.37. The first kappa shape index (κ1) is 12.1. The van der Waals surface area contributed by atoms with Gasteiger partial charge >= 0.3 is 5.97 Å². The maximum atomic E-state index is 11.2. The van der Waals surface area contributed by atoms with Gasteiger partial charge in [-0.2, -0.15) is 0 Å². The summed E-state index contributed by atoms with van der Waals surface area (Å²) < 4.78 is 4.87. The minimum Gasteiger partial charge on any atom is -0.465 e. The van der Waals surface area contributed by atoms with Gasteiger partial charge < -0.3 is 4.74 Å². The Labute approximate surface area is 95.0 Å². The molecular formula is C12H16O2S. The Kier molecular flexibility index (Phi) is 4.69. The molecule has 0 radical (unpaired) electrons. The van der Waals surface area contributed by atoms with Crippen LogP contribution in [0.15, 0.2) is 23.1 Å². The maximum Gasteiger partial charge on any atom is 0.316 e. The van der Waals surface area contributed by atoms with Crippen LogP contribution in [0, 0.1) is 13.8 Å². The van der Waals surface area contributed by atoms with Gasteiger partial charge in [-0.3, -0.25) is 4.79 Å². The molecule has 0 spiro atoms. The first-order valence-electron chi connectivity index (χ1n) is 4.99. The number of rotatable bonds is 4. The molecule has 1 aromatic rings. The molecule has 0 aromatic heterocycles. The molecule has 0 N–H and O–H groups in total. The van der Waals surface area contributed by atoms with Crippen LogP contribution in [0.3, 0.4) is 0 Å². The van der Waals surface area contributed by atoms with Crippen LogP contribution >= 0.6 is 11.8 Å². The molecule has 0 aliphatic carbocycles. The molecule has 1 rings (SSSR count). The summed E-state index contributed by atoms with van der Waals surface area (Å²) >= 11 is 1.53. The Morgan fingerprint density at radius 2 is 2.13 bits per heavy atom. The Balaban J connectivity index is 2.54. The fraction of sp³-hybridized carbons (Fsp3) is 0.417. The lowest BCUT2D eigenvalue weighted by Gasteiger charge is -2.06. The summed E-state index contributed by atoms with van der Waals surface area (Å²) in [7, 11) is 0. The van der Waals surface area contributed by atoms with Crippen molar-refractivity contribution in [3.05, 3.63) is 29.3 Å². The van der Waals surface area contributed by atoms with E-state index in [4.69, 9.17) is 4.74 Å². The van der Waals surface area contributed by atoms with E-state index < -0.39 is 0 Å². The summed E-state index contributed by atoms with van der Waals surface area (Å²) in [6, 6.07) is 6.22. The summed E-state index contributed by atoms with van der Waals surface area (Å²) in [6.45, 7) is 6.39. The van der Waals surface area contributed by atoms with E-state index in [0.717, 1.165) is 4.90 Å². The standard InChI is InChI=1S/C12H16O2S/c1-4-14-12(13)8-15-11-6-5-9(2)7-10(11)3/h5-7H,4,8H2,1-3H3. The largest absolute Gasteiger partial charge is 0.465 e. The zero-order valence-corrected chi connectivity index (χ0v) is 10.2. The van der Waals surface area contributed by atoms with E-state index >= 15 is 0 Å². The topological polar surface area (TPSA) is 26.3 Å². The number of carbonyl (C=O) groups is 1.